The van der Waals surface area contributed by atoms with Gasteiger partial charge in [0.2, 0.25) is 0 Å². The van der Waals surface area contributed by atoms with Crippen LogP contribution in [0.4, 0.5) is 0 Å². The van der Waals surface area contributed by atoms with E-state index in [2.05, 4.69) is 0 Å². The summed E-state index contributed by atoms with van der Waals surface area (Å²) in [4.78, 5) is 11.3. The second-order valence-electron chi connectivity index (χ2n) is 3.42. The number of carbonyl (C=O) groups excluding carboxylic acids is 1. The summed E-state index contributed by atoms with van der Waals surface area (Å²) < 4.78 is 14.6. The molecule has 1 rings (SSSR count). The molecule has 0 fully saturated rings. The molecule has 5 heteroatoms. The van der Waals surface area contributed by atoms with Crippen molar-refractivity contribution in [2.24, 2.45) is 0 Å². The first-order chi connectivity index (χ1) is 8.67. The largest absolute Gasteiger partial charge is 0.504 e. The number of carbonyl (C=O) groups is 1. The number of benzene rings is 1. The lowest BCUT2D eigenvalue weighted by Crippen LogP contribution is -2.06. The number of hydrogen-bond donors (Lipinski definition) is 1. The molecule has 1 aromatic rings. The Hall–Kier alpha value is -2.01. The van der Waals surface area contributed by atoms with Crippen LogP contribution in [0.2, 0.25) is 0 Å². The Bertz CT molecular complexity index is 425. The van der Waals surface area contributed by atoms with Crippen LogP contribution in [0.15, 0.2) is 24.3 Å². The molecule has 98 valence electrons. The standard InChI is InChI=1S/C13H16O5/c1-16-7-8-18-13(15)6-4-10-3-5-11(14)12(9-10)17-2/h3-6,9,14H,7-8H2,1-2H3/b6-4+. The maximum atomic E-state index is 11.3. The Labute approximate surface area is 106 Å². The molecule has 18 heavy (non-hydrogen) atoms. The lowest BCUT2D eigenvalue weighted by molar-refractivity contribution is -0.138. The van der Waals surface area contributed by atoms with Gasteiger partial charge >= 0.3 is 5.97 Å². The number of ether oxygens (including phenoxy) is 3. The summed E-state index contributed by atoms with van der Waals surface area (Å²) in [5, 5.41) is 9.40. The molecule has 0 unspecified atom stereocenters. The fourth-order valence-corrected chi connectivity index (χ4v) is 1.24. The monoisotopic (exact) mass is 252 g/mol. The Balaban J connectivity index is 2.58. The average molecular weight is 252 g/mol. The number of methoxy groups -OCH3 is 2. The van der Waals surface area contributed by atoms with E-state index in [1.165, 1.54) is 26.4 Å². The van der Waals surface area contributed by atoms with E-state index in [1.807, 2.05) is 0 Å². The third kappa shape index (κ3) is 4.47. The van der Waals surface area contributed by atoms with Crippen LogP contribution in [0, 0.1) is 0 Å². The average Bonchev–Trinajstić information content (AvgIpc) is 2.38. The van der Waals surface area contributed by atoms with Crippen LogP contribution in [-0.2, 0) is 14.3 Å². The van der Waals surface area contributed by atoms with Crippen LogP contribution in [0.3, 0.4) is 0 Å². The zero-order valence-corrected chi connectivity index (χ0v) is 10.4. The molecular formula is C13H16O5. The van der Waals surface area contributed by atoms with Crippen molar-refractivity contribution in [1.29, 1.82) is 0 Å². The molecule has 0 radical (unpaired) electrons. The summed E-state index contributed by atoms with van der Waals surface area (Å²) in [6, 6.07) is 4.78. The molecule has 0 atom stereocenters. The van der Waals surface area contributed by atoms with Crippen molar-refractivity contribution in [3.63, 3.8) is 0 Å². The quantitative estimate of drug-likeness (QED) is 0.473. The normalized spacial score (nSPS) is 10.6. The zero-order valence-electron chi connectivity index (χ0n) is 10.4. The van der Waals surface area contributed by atoms with E-state index in [4.69, 9.17) is 14.2 Å². The molecule has 5 nitrogen and oxygen atoms in total. The molecule has 0 saturated carbocycles. The first kappa shape index (κ1) is 14.1. The highest BCUT2D eigenvalue weighted by atomic mass is 16.6. The van der Waals surface area contributed by atoms with Gasteiger partial charge in [-0.15, -0.1) is 0 Å². The smallest absolute Gasteiger partial charge is 0.330 e. The molecule has 0 heterocycles. The van der Waals surface area contributed by atoms with Crippen molar-refractivity contribution in [1.82, 2.24) is 0 Å². The number of rotatable bonds is 6. The Morgan fingerprint density at radius 1 is 1.33 bits per heavy atom. The third-order valence-electron chi connectivity index (χ3n) is 2.15. The first-order valence-electron chi connectivity index (χ1n) is 5.38. The van der Waals surface area contributed by atoms with Crippen LogP contribution >= 0.6 is 0 Å². The van der Waals surface area contributed by atoms with E-state index in [1.54, 1.807) is 18.2 Å². The summed E-state index contributed by atoms with van der Waals surface area (Å²) in [6.45, 7) is 0.588. The molecule has 0 aromatic heterocycles. The molecule has 0 aliphatic rings. The highest BCUT2D eigenvalue weighted by molar-refractivity contribution is 5.87. The van der Waals surface area contributed by atoms with E-state index < -0.39 is 5.97 Å². The highest BCUT2D eigenvalue weighted by Crippen LogP contribution is 2.26. The molecule has 0 amide bonds. The van der Waals surface area contributed by atoms with Gasteiger partial charge in [-0.2, -0.15) is 0 Å². The molecule has 1 N–H and O–H groups in total. The van der Waals surface area contributed by atoms with Gasteiger partial charge in [0.05, 0.1) is 13.7 Å². The molecular weight excluding hydrogens is 236 g/mol. The van der Waals surface area contributed by atoms with Crippen LogP contribution in [0.1, 0.15) is 5.56 Å². The summed E-state index contributed by atoms with van der Waals surface area (Å²) >= 11 is 0. The SMILES string of the molecule is COCCOC(=O)/C=C/c1ccc(O)c(OC)c1. The predicted molar refractivity (Wildman–Crippen MR) is 66.5 cm³/mol. The number of phenols is 1. The number of esters is 1. The molecule has 0 aliphatic heterocycles. The highest BCUT2D eigenvalue weighted by Gasteiger charge is 2.01. The van der Waals surface area contributed by atoms with Gasteiger partial charge in [-0.25, -0.2) is 4.79 Å². The zero-order chi connectivity index (χ0) is 13.4. The van der Waals surface area contributed by atoms with Gasteiger partial charge in [0.15, 0.2) is 11.5 Å². The Kier molecular flexibility index (Phi) is 5.73. The van der Waals surface area contributed by atoms with Crippen molar-refractivity contribution in [3.8, 4) is 11.5 Å². The van der Waals surface area contributed by atoms with E-state index in [0.29, 0.717) is 12.4 Å². The second kappa shape index (κ2) is 7.34. The van der Waals surface area contributed by atoms with Crippen molar-refractivity contribution in [2.75, 3.05) is 27.4 Å². The summed E-state index contributed by atoms with van der Waals surface area (Å²) in [7, 11) is 2.99. The van der Waals surface area contributed by atoms with Crippen LogP contribution in [0.5, 0.6) is 11.5 Å². The fourth-order valence-electron chi connectivity index (χ4n) is 1.24. The Morgan fingerprint density at radius 2 is 2.11 bits per heavy atom. The van der Waals surface area contributed by atoms with Crippen LogP contribution in [-0.4, -0.2) is 38.5 Å². The molecule has 1 aromatic carbocycles. The maximum absolute atomic E-state index is 11.3. The van der Waals surface area contributed by atoms with E-state index in [-0.39, 0.29) is 12.4 Å². The summed E-state index contributed by atoms with van der Waals surface area (Å²) in [5.41, 5.74) is 0.730. The molecule has 0 saturated heterocycles. The van der Waals surface area contributed by atoms with Gasteiger partial charge in [0.25, 0.3) is 0 Å². The van der Waals surface area contributed by atoms with Crippen molar-refractivity contribution < 1.29 is 24.1 Å². The minimum absolute atomic E-state index is 0.0531. The Morgan fingerprint density at radius 3 is 2.78 bits per heavy atom. The topological polar surface area (TPSA) is 65.0 Å². The number of aromatic hydroxyl groups is 1. The van der Waals surface area contributed by atoms with Crippen molar-refractivity contribution in [3.05, 3.63) is 29.8 Å². The van der Waals surface area contributed by atoms with Gasteiger partial charge in [0, 0.05) is 13.2 Å². The van der Waals surface area contributed by atoms with E-state index in [9.17, 15) is 9.90 Å². The van der Waals surface area contributed by atoms with Crippen molar-refractivity contribution in [2.45, 2.75) is 0 Å². The van der Waals surface area contributed by atoms with E-state index >= 15 is 0 Å². The van der Waals surface area contributed by atoms with E-state index in [0.717, 1.165) is 5.56 Å². The summed E-state index contributed by atoms with van der Waals surface area (Å²) in [6.07, 6.45) is 2.89. The molecule has 0 bridgehead atoms. The minimum Gasteiger partial charge on any atom is -0.504 e. The lowest BCUT2D eigenvalue weighted by atomic mass is 10.2. The van der Waals surface area contributed by atoms with Gasteiger partial charge in [0.1, 0.15) is 6.61 Å². The number of phenolic OH excluding ortho intramolecular Hbond substituents is 1. The minimum atomic E-state index is -0.445. The summed E-state index contributed by atoms with van der Waals surface area (Å²) in [5.74, 6) is -0.0405. The maximum Gasteiger partial charge on any atom is 0.330 e. The predicted octanol–water partition coefficient (Wildman–Crippen LogP) is 1.60. The van der Waals surface area contributed by atoms with Gasteiger partial charge in [-0.3, -0.25) is 0 Å². The molecule has 0 aliphatic carbocycles. The second-order valence-corrected chi connectivity index (χ2v) is 3.42. The van der Waals surface area contributed by atoms with Crippen LogP contribution < -0.4 is 4.74 Å². The van der Waals surface area contributed by atoms with Gasteiger partial charge in [-0.05, 0) is 23.8 Å². The first-order valence-corrected chi connectivity index (χ1v) is 5.38. The van der Waals surface area contributed by atoms with Gasteiger partial charge < -0.3 is 19.3 Å². The molecule has 0 spiro atoms. The number of hydrogen-bond acceptors (Lipinski definition) is 5. The third-order valence-corrected chi connectivity index (χ3v) is 2.15. The van der Waals surface area contributed by atoms with Crippen molar-refractivity contribution >= 4 is 12.0 Å². The van der Waals surface area contributed by atoms with Crippen LogP contribution in [0.25, 0.3) is 6.08 Å². The van der Waals surface area contributed by atoms with Gasteiger partial charge in [-0.1, -0.05) is 6.07 Å². The fraction of sp³-hybridized carbons (Fsp3) is 0.308. The lowest BCUT2D eigenvalue weighted by Gasteiger charge is -2.03.